The molecule has 0 bridgehead atoms. The molecule has 1 aromatic carbocycles. The molecule has 0 aliphatic carbocycles. The van der Waals surface area contributed by atoms with Crippen LogP contribution in [0.4, 0.5) is 17.2 Å². The van der Waals surface area contributed by atoms with Crippen LogP contribution in [0.2, 0.25) is 0 Å². The highest BCUT2D eigenvalue weighted by Gasteiger charge is 2.22. The minimum atomic E-state index is -0.271. The summed E-state index contributed by atoms with van der Waals surface area (Å²) in [5, 5.41) is 5.83. The third kappa shape index (κ3) is 4.60. The number of likely N-dealkylation sites (N-methyl/N-ethyl adjacent to an activating group) is 1. The van der Waals surface area contributed by atoms with Crippen molar-refractivity contribution >= 4 is 40.8 Å². The van der Waals surface area contributed by atoms with E-state index in [1.54, 1.807) is 24.9 Å². The molecule has 1 aliphatic heterocycles. The standard InChI is InChI=1S/C22H21N5O2S/c1-27-19-12-15(13-24-21(19)25-14-20(27)28)22(29)26-17-5-7-18(8-6-17)30-11-9-16-4-2-3-10-23-16/h2-8,10,12-13H,9,11,14H2,1H3,(H,24,25)(H,26,29). The predicted octanol–water partition coefficient (Wildman–Crippen LogP) is 3.45. The fraction of sp³-hybridized carbons (Fsp3) is 0.182. The van der Waals surface area contributed by atoms with E-state index in [0.717, 1.165) is 22.8 Å². The van der Waals surface area contributed by atoms with E-state index in [1.807, 2.05) is 48.7 Å². The van der Waals surface area contributed by atoms with Gasteiger partial charge in [-0.2, -0.15) is 0 Å². The molecule has 8 heteroatoms. The van der Waals surface area contributed by atoms with Crippen LogP contribution in [-0.4, -0.2) is 41.1 Å². The lowest BCUT2D eigenvalue weighted by atomic mass is 10.2. The lowest BCUT2D eigenvalue weighted by Crippen LogP contribution is -2.37. The predicted molar refractivity (Wildman–Crippen MR) is 119 cm³/mol. The van der Waals surface area contributed by atoms with Gasteiger partial charge in [0, 0.05) is 41.5 Å². The van der Waals surface area contributed by atoms with Crippen molar-refractivity contribution in [2.45, 2.75) is 11.3 Å². The van der Waals surface area contributed by atoms with Crippen LogP contribution in [0.3, 0.4) is 0 Å². The van der Waals surface area contributed by atoms with Gasteiger partial charge >= 0.3 is 0 Å². The number of thioether (sulfide) groups is 1. The molecule has 152 valence electrons. The number of aromatic nitrogens is 2. The summed E-state index contributed by atoms with van der Waals surface area (Å²) in [6.07, 6.45) is 4.22. The Morgan fingerprint density at radius 2 is 2.03 bits per heavy atom. The number of amides is 2. The molecule has 4 rings (SSSR count). The molecule has 0 saturated carbocycles. The quantitative estimate of drug-likeness (QED) is 0.595. The van der Waals surface area contributed by atoms with Crippen molar-refractivity contribution in [2.75, 3.05) is 34.9 Å². The average molecular weight is 420 g/mol. The van der Waals surface area contributed by atoms with Crippen LogP contribution in [0, 0.1) is 0 Å². The van der Waals surface area contributed by atoms with Crippen molar-refractivity contribution in [2.24, 2.45) is 0 Å². The first-order valence-electron chi connectivity index (χ1n) is 9.55. The maximum Gasteiger partial charge on any atom is 0.257 e. The van der Waals surface area contributed by atoms with Gasteiger partial charge in [0.1, 0.15) is 5.82 Å². The molecule has 0 atom stereocenters. The van der Waals surface area contributed by atoms with E-state index in [1.165, 1.54) is 11.1 Å². The molecule has 0 fully saturated rings. The minimum absolute atomic E-state index is 0.0713. The molecule has 0 unspecified atom stereocenters. The maximum absolute atomic E-state index is 12.6. The van der Waals surface area contributed by atoms with Gasteiger partial charge in [-0.15, -0.1) is 11.8 Å². The Labute approximate surface area is 178 Å². The van der Waals surface area contributed by atoms with Crippen LogP contribution in [-0.2, 0) is 11.2 Å². The fourth-order valence-corrected chi connectivity index (χ4v) is 3.91. The molecule has 0 saturated heterocycles. The van der Waals surface area contributed by atoms with Crippen molar-refractivity contribution in [3.05, 3.63) is 72.2 Å². The normalized spacial score (nSPS) is 12.8. The Bertz CT molecular complexity index is 1060. The topological polar surface area (TPSA) is 87.2 Å². The Morgan fingerprint density at radius 3 is 2.80 bits per heavy atom. The summed E-state index contributed by atoms with van der Waals surface area (Å²) >= 11 is 1.75. The average Bonchev–Trinajstić information content (AvgIpc) is 2.78. The molecule has 7 nitrogen and oxygen atoms in total. The minimum Gasteiger partial charge on any atom is -0.359 e. The lowest BCUT2D eigenvalue weighted by Gasteiger charge is -2.26. The number of hydrogen-bond donors (Lipinski definition) is 2. The molecular weight excluding hydrogens is 398 g/mol. The van der Waals surface area contributed by atoms with E-state index in [9.17, 15) is 9.59 Å². The molecule has 3 aromatic rings. The highest BCUT2D eigenvalue weighted by Crippen LogP contribution is 2.27. The van der Waals surface area contributed by atoms with Gasteiger partial charge in [0.05, 0.1) is 17.8 Å². The van der Waals surface area contributed by atoms with Crippen LogP contribution in [0.1, 0.15) is 16.1 Å². The Kier molecular flexibility index (Phi) is 5.94. The van der Waals surface area contributed by atoms with E-state index in [2.05, 4.69) is 20.6 Å². The number of hydrogen-bond acceptors (Lipinski definition) is 6. The summed E-state index contributed by atoms with van der Waals surface area (Å²) in [6, 6.07) is 15.3. The smallest absolute Gasteiger partial charge is 0.257 e. The van der Waals surface area contributed by atoms with Crippen LogP contribution < -0.4 is 15.5 Å². The number of rotatable bonds is 6. The van der Waals surface area contributed by atoms with Gasteiger partial charge < -0.3 is 15.5 Å². The fourth-order valence-electron chi connectivity index (χ4n) is 3.04. The molecule has 0 spiro atoms. The van der Waals surface area contributed by atoms with Crippen LogP contribution in [0.25, 0.3) is 0 Å². The Hall–Kier alpha value is -3.39. The van der Waals surface area contributed by atoms with Gasteiger partial charge in [-0.3, -0.25) is 14.6 Å². The van der Waals surface area contributed by atoms with Gasteiger partial charge in [0.15, 0.2) is 0 Å². The molecular formula is C22H21N5O2S. The largest absolute Gasteiger partial charge is 0.359 e. The number of anilines is 3. The molecule has 30 heavy (non-hydrogen) atoms. The molecule has 2 aromatic heterocycles. The van der Waals surface area contributed by atoms with E-state index in [-0.39, 0.29) is 18.4 Å². The van der Waals surface area contributed by atoms with Crippen molar-refractivity contribution in [3.8, 4) is 0 Å². The molecule has 2 N–H and O–H groups in total. The van der Waals surface area contributed by atoms with Crippen LogP contribution in [0.5, 0.6) is 0 Å². The van der Waals surface area contributed by atoms with Crippen molar-refractivity contribution in [1.82, 2.24) is 9.97 Å². The van der Waals surface area contributed by atoms with E-state index in [4.69, 9.17) is 0 Å². The zero-order valence-electron chi connectivity index (χ0n) is 16.5. The number of aryl methyl sites for hydroxylation is 1. The summed E-state index contributed by atoms with van der Waals surface area (Å²) in [5.41, 5.74) is 2.77. The van der Waals surface area contributed by atoms with E-state index in [0.29, 0.717) is 22.8 Å². The third-order valence-electron chi connectivity index (χ3n) is 4.74. The van der Waals surface area contributed by atoms with Gasteiger partial charge in [-0.25, -0.2) is 4.98 Å². The van der Waals surface area contributed by atoms with Crippen molar-refractivity contribution in [1.29, 1.82) is 0 Å². The van der Waals surface area contributed by atoms with Gasteiger partial charge in [-0.05, 0) is 48.9 Å². The number of carbonyl (C=O) groups is 2. The second-order valence-corrected chi connectivity index (χ2v) is 7.96. The van der Waals surface area contributed by atoms with E-state index >= 15 is 0 Å². The monoisotopic (exact) mass is 419 g/mol. The third-order valence-corrected chi connectivity index (χ3v) is 5.75. The van der Waals surface area contributed by atoms with Crippen LogP contribution >= 0.6 is 11.8 Å². The molecule has 0 radical (unpaired) electrons. The molecule has 1 aliphatic rings. The van der Waals surface area contributed by atoms with Crippen molar-refractivity contribution in [3.63, 3.8) is 0 Å². The van der Waals surface area contributed by atoms with Crippen LogP contribution in [0.15, 0.2) is 65.8 Å². The SMILES string of the molecule is CN1C(=O)CNc2ncc(C(=O)Nc3ccc(SCCc4ccccn4)cc3)cc21. The molecule has 3 heterocycles. The summed E-state index contributed by atoms with van der Waals surface area (Å²) in [7, 11) is 1.68. The summed E-state index contributed by atoms with van der Waals surface area (Å²) < 4.78 is 0. The van der Waals surface area contributed by atoms with Gasteiger partial charge in [0.25, 0.3) is 5.91 Å². The highest BCUT2D eigenvalue weighted by molar-refractivity contribution is 7.99. The number of carbonyl (C=O) groups excluding carboxylic acids is 2. The second-order valence-electron chi connectivity index (χ2n) is 6.80. The zero-order valence-corrected chi connectivity index (χ0v) is 17.3. The number of nitrogens with zero attached hydrogens (tertiary/aromatic N) is 3. The molecule has 2 amide bonds. The lowest BCUT2D eigenvalue weighted by molar-refractivity contribution is -0.116. The first-order valence-corrected chi connectivity index (χ1v) is 10.5. The van der Waals surface area contributed by atoms with Gasteiger partial charge in [0.2, 0.25) is 5.91 Å². The number of fused-ring (bicyclic) bond motifs is 1. The van der Waals surface area contributed by atoms with Gasteiger partial charge in [-0.1, -0.05) is 6.07 Å². The van der Waals surface area contributed by atoms with E-state index < -0.39 is 0 Å². The summed E-state index contributed by atoms with van der Waals surface area (Å²) in [5.74, 6) is 1.19. The first-order chi connectivity index (χ1) is 14.6. The second kappa shape index (κ2) is 8.96. The number of benzene rings is 1. The number of nitrogens with one attached hydrogen (secondary N) is 2. The summed E-state index contributed by atoms with van der Waals surface area (Å²) in [6.45, 7) is 0.203. The maximum atomic E-state index is 12.6. The first kappa shape index (κ1) is 19.9. The zero-order chi connectivity index (χ0) is 20.9. The number of pyridine rings is 2. The van der Waals surface area contributed by atoms with Crippen molar-refractivity contribution < 1.29 is 9.59 Å². The summed E-state index contributed by atoms with van der Waals surface area (Å²) in [4.78, 5) is 35.7. The Balaban J connectivity index is 1.35. The Morgan fingerprint density at radius 1 is 1.20 bits per heavy atom. The highest BCUT2D eigenvalue weighted by atomic mass is 32.2.